The SMILES string of the molecule is CCOC(=O)C1=CC(C2CCC(F)(F)CC2)=NS(=O)(=O)N1CC. The predicted molar refractivity (Wildman–Crippen MR) is 80.4 cm³/mol. The molecule has 0 aromatic rings. The Morgan fingerprint density at radius 3 is 2.52 bits per heavy atom. The Morgan fingerprint density at radius 1 is 1.39 bits per heavy atom. The van der Waals surface area contributed by atoms with Gasteiger partial charge in [-0.3, -0.25) is 0 Å². The van der Waals surface area contributed by atoms with Gasteiger partial charge in [-0.15, -0.1) is 4.40 Å². The number of esters is 1. The molecule has 1 aliphatic heterocycles. The highest BCUT2D eigenvalue weighted by Gasteiger charge is 2.39. The summed E-state index contributed by atoms with van der Waals surface area (Å²) in [4.78, 5) is 12.0. The fourth-order valence-corrected chi connectivity index (χ4v) is 4.04. The van der Waals surface area contributed by atoms with Crippen LogP contribution in [0, 0.1) is 5.92 Å². The molecule has 1 saturated carbocycles. The van der Waals surface area contributed by atoms with E-state index in [1.807, 2.05) is 0 Å². The second-order valence-corrected chi connectivity index (χ2v) is 7.06. The van der Waals surface area contributed by atoms with E-state index in [2.05, 4.69) is 4.40 Å². The minimum absolute atomic E-state index is 0.0342. The Labute approximate surface area is 134 Å². The van der Waals surface area contributed by atoms with Crippen molar-refractivity contribution in [1.82, 2.24) is 4.31 Å². The van der Waals surface area contributed by atoms with Gasteiger partial charge in [0.1, 0.15) is 5.70 Å². The third kappa shape index (κ3) is 3.88. The molecule has 0 unspecified atom stereocenters. The quantitative estimate of drug-likeness (QED) is 0.729. The van der Waals surface area contributed by atoms with Gasteiger partial charge >= 0.3 is 16.2 Å². The summed E-state index contributed by atoms with van der Waals surface area (Å²) in [5, 5.41) is 0. The van der Waals surface area contributed by atoms with E-state index in [1.165, 1.54) is 6.08 Å². The molecule has 0 radical (unpaired) electrons. The van der Waals surface area contributed by atoms with E-state index in [0.717, 1.165) is 4.31 Å². The molecule has 1 fully saturated rings. The first kappa shape index (κ1) is 17.8. The molecule has 23 heavy (non-hydrogen) atoms. The van der Waals surface area contributed by atoms with Crippen molar-refractivity contribution in [3.05, 3.63) is 11.8 Å². The van der Waals surface area contributed by atoms with Crippen LogP contribution < -0.4 is 0 Å². The van der Waals surface area contributed by atoms with Crippen LogP contribution in [0.25, 0.3) is 0 Å². The van der Waals surface area contributed by atoms with Gasteiger partial charge in [0.05, 0.1) is 12.3 Å². The molecule has 2 rings (SSSR count). The third-order valence-electron chi connectivity index (χ3n) is 3.96. The number of hydrogen-bond donors (Lipinski definition) is 0. The van der Waals surface area contributed by atoms with Crippen molar-refractivity contribution in [3.8, 4) is 0 Å². The van der Waals surface area contributed by atoms with Gasteiger partial charge in [0.2, 0.25) is 5.92 Å². The summed E-state index contributed by atoms with van der Waals surface area (Å²) in [6.07, 6.45) is 1.02. The van der Waals surface area contributed by atoms with Crippen LogP contribution in [0.5, 0.6) is 0 Å². The van der Waals surface area contributed by atoms with Crippen molar-refractivity contribution in [1.29, 1.82) is 0 Å². The van der Waals surface area contributed by atoms with Gasteiger partial charge in [-0.2, -0.15) is 8.42 Å². The van der Waals surface area contributed by atoms with Gasteiger partial charge in [-0.05, 0) is 32.8 Å². The Bertz CT molecular complexity index is 633. The van der Waals surface area contributed by atoms with Crippen molar-refractivity contribution in [2.45, 2.75) is 45.5 Å². The molecular formula is C14H20F2N2O4S. The smallest absolute Gasteiger partial charge is 0.355 e. The summed E-state index contributed by atoms with van der Waals surface area (Å²) >= 11 is 0. The Kier molecular flexibility index (Phi) is 5.07. The highest BCUT2D eigenvalue weighted by atomic mass is 32.2. The lowest BCUT2D eigenvalue weighted by Crippen LogP contribution is -2.39. The van der Waals surface area contributed by atoms with E-state index in [4.69, 9.17) is 4.74 Å². The van der Waals surface area contributed by atoms with Crippen molar-refractivity contribution >= 4 is 21.9 Å². The minimum Gasteiger partial charge on any atom is -0.461 e. The number of nitrogens with zero attached hydrogens (tertiary/aromatic N) is 2. The highest BCUT2D eigenvalue weighted by molar-refractivity contribution is 7.88. The number of halogens is 2. The van der Waals surface area contributed by atoms with Crippen LogP contribution in [0.4, 0.5) is 8.78 Å². The van der Waals surface area contributed by atoms with Gasteiger partial charge in [-0.25, -0.2) is 17.9 Å². The van der Waals surface area contributed by atoms with Crippen LogP contribution in [0.2, 0.25) is 0 Å². The topological polar surface area (TPSA) is 76.0 Å². The molecule has 0 bridgehead atoms. The van der Waals surface area contributed by atoms with Crippen LogP contribution in [-0.4, -0.2) is 43.5 Å². The molecular weight excluding hydrogens is 330 g/mol. The van der Waals surface area contributed by atoms with E-state index < -0.39 is 28.0 Å². The second-order valence-electron chi connectivity index (χ2n) is 5.54. The van der Waals surface area contributed by atoms with Gasteiger partial charge < -0.3 is 4.74 Å². The standard InChI is InChI=1S/C14H20F2N2O4S/c1-3-18-12(13(19)22-4-2)9-11(17-23(18,20)21)10-5-7-14(15,16)8-6-10/h9-10H,3-8H2,1-2H3. The molecule has 0 amide bonds. The van der Waals surface area contributed by atoms with Crippen LogP contribution in [0.15, 0.2) is 16.2 Å². The fraction of sp³-hybridized carbons (Fsp3) is 0.714. The van der Waals surface area contributed by atoms with Crippen LogP contribution in [0.1, 0.15) is 39.5 Å². The average molecular weight is 350 g/mol. The number of carbonyl (C=O) groups excluding carboxylic acids is 1. The minimum atomic E-state index is -4.05. The molecule has 9 heteroatoms. The van der Waals surface area contributed by atoms with E-state index in [9.17, 15) is 22.0 Å². The number of ether oxygens (including phenoxy) is 1. The van der Waals surface area contributed by atoms with Crippen molar-refractivity contribution in [3.63, 3.8) is 0 Å². The maximum absolute atomic E-state index is 13.3. The van der Waals surface area contributed by atoms with Gasteiger partial charge in [0.15, 0.2) is 0 Å². The molecule has 1 aliphatic carbocycles. The van der Waals surface area contributed by atoms with Crippen LogP contribution in [0.3, 0.4) is 0 Å². The first-order valence-corrected chi connectivity index (χ1v) is 8.99. The van der Waals surface area contributed by atoms with E-state index in [1.54, 1.807) is 13.8 Å². The average Bonchev–Trinajstić information content (AvgIpc) is 2.45. The lowest BCUT2D eigenvalue weighted by atomic mass is 9.83. The van der Waals surface area contributed by atoms with Crippen molar-refractivity contribution in [2.24, 2.45) is 10.3 Å². The van der Waals surface area contributed by atoms with E-state index in [-0.39, 0.29) is 50.2 Å². The molecule has 0 aromatic carbocycles. The summed E-state index contributed by atoms with van der Waals surface area (Å²) in [5.74, 6) is -3.87. The predicted octanol–water partition coefficient (Wildman–Crippen LogP) is 2.28. The number of rotatable bonds is 4. The normalized spacial score (nSPS) is 23.9. The molecule has 0 N–H and O–H groups in total. The summed E-state index contributed by atoms with van der Waals surface area (Å²) in [5.41, 5.74) is 0.0462. The largest absolute Gasteiger partial charge is 0.461 e. The van der Waals surface area contributed by atoms with Crippen molar-refractivity contribution in [2.75, 3.05) is 13.2 Å². The van der Waals surface area contributed by atoms with E-state index in [0.29, 0.717) is 0 Å². The molecule has 0 saturated heterocycles. The number of hydrogen-bond acceptors (Lipinski definition) is 4. The van der Waals surface area contributed by atoms with Gasteiger partial charge in [-0.1, -0.05) is 0 Å². The molecule has 0 aromatic heterocycles. The summed E-state index contributed by atoms with van der Waals surface area (Å²) in [7, 11) is -4.05. The second kappa shape index (κ2) is 6.54. The zero-order valence-corrected chi connectivity index (χ0v) is 13.9. The summed E-state index contributed by atoms with van der Waals surface area (Å²) in [6, 6.07) is 0. The number of likely N-dealkylation sites (N-methyl/N-ethyl adjacent to an activating group) is 1. The number of allylic oxidation sites excluding steroid dienone is 1. The Hall–Kier alpha value is -1.51. The van der Waals surface area contributed by atoms with E-state index >= 15 is 0 Å². The lowest BCUT2D eigenvalue weighted by molar-refractivity contribution is -0.139. The van der Waals surface area contributed by atoms with Crippen LogP contribution in [-0.2, 0) is 19.7 Å². The number of carbonyl (C=O) groups is 1. The first-order valence-electron chi connectivity index (χ1n) is 7.59. The first-order chi connectivity index (χ1) is 10.7. The zero-order valence-electron chi connectivity index (χ0n) is 13.1. The Balaban J connectivity index is 2.32. The lowest BCUT2D eigenvalue weighted by Gasteiger charge is -2.31. The molecule has 2 aliphatic rings. The fourth-order valence-electron chi connectivity index (χ4n) is 2.77. The summed E-state index contributed by atoms with van der Waals surface area (Å²) < 4.78 is 60.5. The molecule has 0 atom stereocenters. The molecule has 6 nitrogen and oxygen atoms in total. The molecule has 0 spiro atoms. The molecule has 1 heterocycles. The van der Waals surface area contributed by atoms with Crippen LogP contribution >= 0.6 is 0 Å². The summed E-state index contributed by atoms with van der Waals surface area (Å²) in [6.45, 7) is 3.33. The monoisotopic (exact) mass is 350 g/mol. The number of alkyl halides is 2. The Morgan fingerprint density at radius 2 is 2.00 bits per heavy atom. The van der Waals surface area contributed by atoms with Gasteiger partial charge in [0.25, 0.3) is 0 Å². The maximum Gasteiger partial charge on any atom is 0.355 e. The van der Waals surface area contributed by atoms with Crippen molar-refractivity contribution < 1.29 is 26.7 Å². The molecule has 130 valence electrons. The highest BCUT2D eigenvalue weighted by Crippen LogP contribution is 2.38. The maximum atomic E-state index is 13.3. The van der Waals surface area contributed by atoms with Gasteiger partial charge in [0, 0.05) is 25.3 Å². The zero-order chi connectivity index (χ0) is 17.3. The third-order valence-corrected chi connectivity index (χ3v) is 5.41.